The second-order valence-corrected chi connectivity index (χ2v) is 4.50. The largest absolute Gasteiger partial charge is 0.419 e. The van der Waals surface area contributed by atoms with Crippen LogP contribution in [-0.4, -0.2) is 17.8 Å². The first-order valence-electron chi connectivity index (χ1n) is 6.01. The standard InChI is InChI=1S/C13H15NO3/c15-13-14(9-10-5-7-16-8-6-10)11-3-1-2-4-12(11)17-13/h1-4,10H,5-9H2. The molecule has 3 rings (SSSR count). The smallest absolute Gasteiger partial charge is 0.408 e. The van der Waals surface area contributed by atoms with Crippen molar-refractivity contribution in [3.63, 3.8) is 0 Å². The van der Waals surface area contributed by atoms with E-state index in [4.69, 9.17) is 9.15 Å². The van der Waals surface area contributed by atoms with Gasteiger partial charge >= 0.3 is 5.76 Å². The number of fused-ring (bicyclic) bond motifs is 1. The van der Waals surface area contributed by atoms with Gasteiger partial charge in [-0.2, -0.15) is 0 Å². The first kappa shape index (κ1) is 10.6. The molecule has 4 heteroatoms. The molecular weight excluding hydrogens is 218 g/mol. The van der Waals surface area contributed by atoms with Crippen LogP contribution in [0.5, 0.6) is 0 Å². The van der Waals surface area contributed by atoms with Gasteiger partial charge in [-0.05, 0) is 30.9 Å². The second-order valence-electron chi connectivity index (χ2n) is 4.50. The summed E-state index contributed by atoms with van der Waals surface area (Å²) in [5, 5.41) is 0. The van der Waals surface area contributed by atoms with E-state index >= 15 is 0 Å². The van der Waals surface area contributed by atoms with Crippen LogP contribution in [0, 0.1) is 5.92 Å². The fraction of sp³-hybridized carbons (Fsp3) is 0.462. The molecule has 0 atom stereocenters. The Morgan fingerprint density at radius 3 is 2.82 bits per heavy atom. The van der Waals surface area contributed by atoms with Gasteiger partial charge in [0.25, 0.3) is 0 Å². The Morgan fingerprint density at radius 1 is 1.24 bits per heavy atom. The summed E-state index contributed by atoms with van der Waals surface area (Å²) in [4.78, 5) is 11.8. The SMILES string of the molecule is O=c1oc2ccccc2n1CC1CCOCC1. The number of nitrogens with zero attached hydrogens (tertiary/aromatic N) is 1. The van der Waals surface area contributed by atoms with Crippen molar-refractivity contribution < 1.29 is 9.15 Å². The molecule has 1 aliphatic rings. The summed E-state index contributed by atoms with van der Waals surface area (Å²) in [6.07, 6.45) is 2.04. The highest BCUT2D eigenvalue weighted by Crippen LogP contribution is 2.19. The number of hydrogen-bond acceptors (Lipinski definition) is 3. The summed E-state index contributed by atoms with van der Waals surface area (Å²) < 4.78 is 12.3. The molecule has 1 aliphatic heterocycles. The molecule has 2 heterocycles. The lowest BCUT2D eigenvalue weighted by Gasteiger charge is -2.21. The fourth-order valence-electron chi connectivity index (χ4n) is 2.37. The van der Waals surface area contributed by atoms with E-state index in [1.807, 2.05) is 24.3 Å². The van der Waals surface area contributed by atoms with E-state index in [1.54, 1.807) is 4.57 Å². The molecule has 0 radical (unpaired) electrons. The van der Waals surface area contributed by atoms with Crippen molar-refractivity contribution in [1.82, 2.24) is 4.57 Å². The van der Waals surface area contributed by atoms with Crippen LogP contribution in [0.2, 0.25) is 0 Å². The zero-order valence-electron chi connectivity index (χ0n) is 9.59. The molecule has 17 heavy (non-hydrogen) atoms. The van der Waals surface area contributed by atoms with Crippen molar-refractivity contribution in [3.05, 3.63) is 34.8 Å². The van der Waals surface area contributed by atoms with Gasteiger partial charge in [0.15, 0.2) is 5.58 Å². The predicted octanol–water partition coefficient (Wildman–Crippen LogP) is 2.02. The van der Waals surface area contributed by atoms with Gasteiger partial charge in [-0.1, -0.05) is 12.1 Å². The quantitative estimate of drug-likeness (QED) is 0.797. The monoisotopic (exact) mass is 233 g/mol. The van der Waals surface area contributed by atoms with Gasteiger partial charge < -0.3 is 9.15 Å². The number of hydrogen-bond donors (Lipinski definition) is 0. The van der Waals surface area contributed by atoms with E-state index in [0.29, 0.717) is 11.5 Å². The third-order valence-corrected chi connectivity index (χ3v) is 3.36. The molecule has 1 saturated heterocycles. The molecule has 4 nitrogen and oxygen atoms in total. The molecule has 0 bridgehead atoms. The molecule has 0 unspecified atom stereocenters. The molecule has 1 fully saturated rings. The van der Waals surface area contributed by atoms with Crippen LogP contribution >= 0.6 is 0 Å². The minimum atomic E-state index is -0.252. The molecule has 0 amide bonds. The van der Waals surface area contributed by atoms with Crippen LogP contribution < -0.4 is 5.76 Å². The third-order valence-electron chi connectivity index (χ3n) is 3.36. The average molecular weight is 233 g/mol. The van der Waals surface area contributed by atoms with Gasteiger partial charge in [0.2, 0.25) is 0 Å². The Labute approximate surface area is 98.8 Å². The zero-order valence-corrected chi connectivity index (χ0v) is 9.59. The van der Waals surface area contributed by atoms with E-state index in [1.165, 1.54) is 0 Å². The van der Waals surface area contributed by atoms with Gasteiger partial charge in [-0.3, -0.25) is 4.57 Å². The predicted molar refractivity (Wildman–Crippen MR) is 64.0 cm³/mol. The maximum absolute atomic E-state index is 11.8. The summed E-state index contributed by atoms with van der Waals surface area (Å²) in [7, 11) is 0. The highest BCUT2D eigenvalue weighted by Gasteiger charge is 2.17. The Bertz CT molecular complexity index is 563. The van der Waals surface area contributed by atoms with Crippen molar-refractivity contribution in [3.8, 4) is 0 Å². The Kier molecular flexibility index (Phi) is 2.73. The summed E-state index contributed by atoms with van der Waals surface area (Å²) in [6.45, 7) is 2.34. The molecule has 2 aromatic rings. The van der Waals surface area contributed by atoms with Gasteiger partial charge in [0.05, 0.1) is 5.52 Å². The van der Waals surface area contributed by atoms with Crippen molar-refractivity contribution in [1.29, 1.82) is 0 Å². The molecule has 1 aromatic heterocycles. The molecule has 0 saturated carbocycles. The van der Waals surface area contributed by atoms with Crippen LogP contribution in [0.15, 0.2) is 33.5 Å². The summed E-state index contributed by atoms with van der Waals surface area (Å²) in [5.41, 5.74) is 1.56. The van der Waals surface area contributed by atoms with Crippen LogP contribution in [0.3, 0.4) is 0 Å². The summed E-state index contributed by atoms with van der Waals surface area (Å²) in [5.74, 6) is 0.264. The molecule has 0 aliphatic carbocycles. The first-order chi connectivity index (χ1) is 8.34. The maximum Gasteiger partial charge on any atom is 0.419 e. The van der Waals surface area contributed by atoms with Crippen molar-refractivity contribution >= 4 is 11.1 Å². The number of rotatable bonds is 2. The normalized spacial score (nSPS) is 17.6. The number of ether oxygens (including phenoxy) is 1. The minimum Gasteiger partial charge on any atom is -0.408 e. The Morgan fingerprint density at radius 2 is 2.00 bits per heavy atom. The van der Waals surface area contributed by atoms with Crippen LogP contribution in [0.1, 0.15) is 12.8 Å². The molecular formula is C13H15NO3. The number of benzene rings is 1. The van der Waals surface area contributed by atoms with Crippen molar-refractivity contribution in [2.45, 2.75) is 19.4 Å². The maximum atomic E-state index is 11.8. The lowest BCUT2D eigenvalue weighted by atomic mass is 10.0. The Hall–Kier alpha value is -1.55. The molecule has 1 aromatic carbocycles. The van der Waals surface area contributed by atoms with Crippen LogP contribution in [0.25, 0.3) is 11.1 Å². The molecule has 0 N–H and O–H groups in total. The van der Waals surface area contributed by atoms with Crippen LogP contribution in [-0.2, 0) is 11.3 Å². The summed E-state index contributed by atoms with van der Waals surface area (Å²) >= 11 is 0. The first-order valence-corrected chi connectivity index (χ1v) is 6.01. The lowest BCUT2D eigenvalue weighted by Crippen LogP contribution is -2.24. The topological polar surface area (TPSA) is 44.4 Å². The van der Waals surface area contributed by atoms with Crippen LogP contribution in [0.4, 0.5) is 0 Å². The fourth-order valence-corrected chi connectivity index (χ4v) is 2.37. The van der Waals surface area contributed by atoms with E-state index < -0.39 is 0 Å². The third kappa shape index (κ3) is 2.00. The minimum absolute atomic E-state index is 0.252. The van der Waals surface area contributed by atoms with E-state index in [2.05, 4.69) is 0 Å². The highest BCUT2D eigenvalue weighted by molar-refractivity contribution is 5.72. The van der Waals surface area contributed by atoms with Gasteiger partial charge in [0.1, 0.15) is 0 Å². The highest BCUT2D eigenvalue weighted by atomic mass is 16.5. The lowest BCUT2D eigenvalue weighted by molar-refractivity contribution is 0.0610. The summed E-state index contributed by atoms with van der Waals surface area (Å²) in [6, 6.07) is 7.57. The van der Waals surface area contributed by atoms with Crippen molar-refractivity contribution in [2.24, 2.45) is 5.92 Å². The van der Waals surface area contributed by atoms with Crippen molar-refractivity contribution in [2.75, 3.05) is 13.2 Å². The number of oxazole rings is 1. The van der Waals surface area contributed by atoms with E-state index in [0.717, 1.165) is 38.1 Å². The van der Waals surface area contributed by atoms with E-state index in [9.17, 15) is 4.79 Å². The van der Waals surface area contributed by atoms with Gasteiger partial charge in [-0.25, -0.2) is 4.79 Å². The number of para-hydroxylation sites is 2. The number of aromatic nitrogens is 1. The second kappa shape index (κ2) is 4.37. The van der Waals surface area contributed by atoms with Gasteiger partial charge in [-0.15, -0.1) is 0 Å². The molecule has 90 valence electrons. The van der Waals surface area contributed by atoms with Gasteiger partial charge in [0, 0.05) is 19.8 Å². The average Bonchev–Trinajstić information content (AvgIpc) is 2.68. The van der Waals surface area contributed by atoms with E-state index in [-0.39, 0.29) is 5.76 Å². The molecule has 0 spiro atoms. The Balaban J connectivity index is 1.93. The zero-order chi connectivity index (χ0) is 11.7.